The van der Waals surface area contributed by atoms with Gasteiger partial charge in [0.2, 0.25) is 0 Å². The van der Waals surface area contributed by atoms with Crippen molar-refractivity contribution >= 4 is 26.7 Å². The van der Waals surface area contributed by atoms with Crippen LogP contribution in [0.3, 0.4) is 0 Å². The van der Waals surface area contributed by atoms with E-state index in [1.165, 1.54) is 6.33 Å². The highest BCUT2D eigenvalue weighted by Crippen LogP contribution is 2.28. The molecular formula is C19H17N5O2S. The van der Waals surface area contributed by atoms with E-state index in [2.05, 4.69) is 24.9 Å². The lowest BCUT2D eigenvalue weighted by molar-refractivity contribution is 0.601. The zero-order chi connectivity index (χ0) is 19.0. The average molecular weight is 379 g/mol. The van der Waals surface area contributed by atoms with Gasteiger partial charge in [-0.05, 0) is 38.1 Å². The van der Waals surface area contributed by atoms with Crippen LogP contribution in [0.1, 0.15) is 11.3 Å². The summed E-state index contributed by atoms with van der Waals surface area (Å²) in [5, 5.41) is 7.90. The maximum absolute atomic E-state index is 12.5. The van der Waals surface area contributed by atoms with Gasteiger partial charge in [0.25, 0.3) is 10.0 Å². The molecule has 0 unspecified atom stereocenters. The number of aromatic amines is 1. The van der Waals surface area contributed by atoms with Crippen LogP contribution < -0.4 is 4.72 Å². The third-order valence-electron chi connectivity index (χ3n) is 4.27. The van der Waals surface area contributed by atoms with E-state index in [4.69, 9.17) is 0 Å². The van der Waals surface area contributed by atoms with Crippen LogP contribution in [0.25, 0.3) is 22.3 Å². The molecular weight excluding hydrogens is 362 g/mol. The minimum absolute atomic E-state index is 0.226. The number of H-pyrrole nitrogens is 1. The number of aryl methyl sites for hydroxylation is 2. The van der Waals surface area contributed by atoms with Crippen molar-refractivity contribution in [3.05, 3.63) is 66.1 Å². The van der Waals surface area contributed by atoms with Crippen LogP contribution in [-0.2, 0) is 10.0 Å². The van der Waals surface area contributed by atoms with Crippen molar-refractivity contribution in [1.82, 2.24) is 20.2 Å². The molecule has 0 aliphatic rings. The first kappa shape index (κ1) is 17.2. The van der Waals surface area contributed by atoms with Crippen molar-refractivity contribution in [3.63, 3.8) is 0 Å². The van der Waals surface area contributed by atoms with Crippen molar-refractivity contribution in [1.29, 1.82) is 0 Å². The number of anilines is 1. The van der Waals surface area contributed by atoms with Crippen molar-refractivity contribution in [2.24, 2.45) is 0 Å². The van der Waals surface area contributed by atoms with E-state index < -0.39 is 10.0 Å². The molecule has 7 nitrogen and oxygen atoms in total. The minimum atomic E-state index is -3.63. The maximum atomic E-state index is 12.5. The van der Waals surface area contributed by atoms with Gasteiger partial charge >= 0.3 is 0 Å². The Balaban J connectivity index is 1.64. The Morgan fingerprint density at radius 1 is 0.926 bits per heavy atom. The second-order valence-corrected chi connectivity index (χ2v) is 7.95. The van der Waals surface area contributed by atoms with Gasteiger partial charge < -0.3 is 0 Å². The summed E-state index contributed by atoms with van der Waals surface area (Å²) < 4.78 is 27.6. The predicted octanol–water partition coefficient (Wildman–Crippen LogP) is 3.44. The van der Waals surface area contributed by atoms with Crippen molar-refractivity contribution in [2.45, 2.75) is 18.7 Å². The molecule has 27 heavy (non-hydrogen) atoms. The number of hydrogen-bond acceptors (Lipinski definition) is 5. The molecule has 0 aliphatic heterocycles. The van der Waals surface area contributed by atoms with E-state index in [0.717, 1.165) is 27.9 Å². The number of nitrogens with one attached hydrogen (secondary N) is 2. The van der Waals surface area contributed by atoms with Crippen LogP contribution in [0.15, 0.2) is 59.8 Å². The lowest BCUT2D eigenvalue weighted by atomic mass is 10.1. The standard InChI is InChI=1S/C19H17N5O2S/c1-12-3-9-16(10-4-12)27(25,26)24-15-7-5-14(6-8-15)18-17-13(2)22-23-19(17)21-11-20-18/h3-11,24H,1-2H3,(H,20,21,22,23). The lowest BCUT2D eigenvalue weighted by Gasteiger charge is -2.09. The molecule has 2 N–H and O–H groups in total. The number of aromatic nitrogens is 4. The predicted molar refractivity (Wildman–Crippen MR) is 104 cm³/mol. The fourth-order valence-corrected chi connectivity index (χ4v) is 3.90. The van der Waals surface area contributed by atoms with E-state index >= 15 is 0 Å². The van der Waals surface area contributed by atoms with Gasteiger partial charge in [0.05, 0.1) is 16.0 Å². The molecule has 0 amide bonds. The molecule has 2 aromatic carbocycles. The molecule has 0 aliphatic carbocycles. The summed E-state index contributed by atoms with van der Waals surface area (Å²) in [6.45, 7) is 3.82. The Morgan fingerprint density at radius 3 is 2.33 bits per heavy atom. The third-order valence-corrected chi connectivity index (χ3v) is 5.67. The van der Waals surface area contributed by atoms with E-state index in [1.54, 1.807) is 36.4 Å². The molecule has 0 bridgehead atoms. The molecule has 8 heteroatoms. The summed E-state index contributed by atoms with van der Waals surface area (Å²) in [4.78, 5) is 8.73. The first-order valence-electron chi connectivity index (χ1n) is 8.30. The summed E-state index contributed by atoms with van der Waals surface area (Å²) in [5.41, 5.74) is 4.56. The van der Waals surface area contributed by atoms with Crippen LogP contribution in [0.4, 0.5) is 5.69 Å². The monoisotopic (exact) mass is 379 g/mol. The van der Waals surface area contributed by atoms with Crippen LogP contribution in [0, 0.1) is 13.8 Å². The number of benzene rings is 2. The second-order valence-electron chi connectivity index (χ2n) is 6.27. The summed E-state index contributed by atoms with van der Waals surface area (Å²) in [5.74, 6) is 0. The van der Waals surface area contributed by atoms with Gasteiger partial charge in [-0.1, -0.05) is 29.8 Å². The molecule has 4 aromatic rings. The lowest BCUT2D eigenvalue weighted by Crippen LogP contribution is -2.12. The Labute approximate surface area is 156 Å². The smallest absolute Gasteiger partial charge is 0.261 e. The molecule has 0 radical (unpaired) electrons. The molecule has 2 heterocycles. The van der Waals surface area contributed by atoms with E-state index in [9.17, 15) is 8.42 Å². The highest BCUT2D eigenvalue weighted by atomic mass is 32.2. The number of rotatable bonds is 4. The van der Waals surface area contributed by atoms with Gasteiger partial charge in [-0.25, -0.2) is 18.4 Å². The Bertz CT molecular complexity index is 1210. The zero-order valence-corrected chi connectivity index (χ0v) is 15.6. The third kappa shape index (κ3) is 3.26. The molecule has 0 atom stereocenters. The summed E-state index contributed by atoms with van der Waals surface area (Å²) in [7, 11) is -3.63. The number of nitrogens with zero attached hydrogens (tertiary/aromatic N) is 3. The number of fused-ring (bicyclic) bond motifs is 1. The molecule has 0 fully saturated rings. The molecule has 0 saturated heterocycles. The number of sulfonamides is 1. The highest BCUT2D eigenvalue weighted by molar-refractivity contribution is 7.92. The molecule has 2 aromatic heterocycles. The summed E-state index contributed by atoms with van der Waals surface area (Å²) in [6.07, 6.45) is 1.46. The van der Waals surface area contributed by atoms with Crippen molar-refractivity contribution in [2.75, 3.05) is 4.72 Å². The van der Waals surface area contributed by atoms with Crippen LogP contribution in [-0.4, -0.2) is 28.6 Å². The fraction of sp³-hybridized carbons (Fsp3) is 0.105. The Hall–Kier alpha value is -3.26. The molecule has 136 valence electrons. The van der Waals surface area contributed by atoms with Gasteiger partial charge in [0, 0.05) is 16.9 Å². The van der Waals surface area contributed by atoms with Crippen LogP contribution >= 0.6 is 0 Å². The first-order chi connectivity index (χ1) is 12.9. The van der Waals surface area contributed by atoms with Gasteiger partial charge in [-0.2, -0.15) is 5.10 Å². The van der Waals surface area contributed by atoms with Gasteiger partial charge in [-0.3, -0.25) is 9.82 Å². The van der Waals surface area contributed by atoms with Crippen molar-refractivity contribution in [3.8, 4) is 11.3 Å². The Morgan fingerprint density at radius 2 is 1.63 bits per heavy atom. The van der Waals surface area contributed by atoms with Gasteiger partial charge in [0.1, 0.15) is 6.33 Å². The maximum Gasteiger partial charge on any atom is 0.261 e. The molecule has 4 rings (SSSR count). The van der Waals surface area contributed by atoms with E-state index in [-0.39, 0.29) is 4.90 Å². The van der Waals surface area contributed by atoms with E-state index in [0.29, 0.717) is 11.3 Å². The highest BCUT2D eigenvalue weighted by Gasteiger charge is 2.15. The van der Waals surface area contributed by atoms with Gasteiger partial charge in [0.15, 0.2) is 5.65 Å². The Kier molecular flexibility index (Phi) is 4.12. The first-order valence-corrected chi connectivity index (χ1v) is 9.78. The quantitative estimate of drug-likeness (QED) is 0.566. The molecule has 0 spiro atoms. The zero-order valence-electron chi connectivity index (χ0n) is 14.8. The average Bonchev–Trinajstić information content (AvgIpc) is 3.04. The molecule has 0 saturated carbocycles. The summed E-state index contributed by atoms with van der Waals surface area (Å²) >= 11 is 0. The summed E-state index contributed by atoms with van der Waals surface area (Å²) in [6, 6.07) is 13.8. The van der Waals surface area contributed by atoms with Crippen LogP contribution in [0.2, 0.25) is 0 Å². The van der Waals surface area contributed by atoms with Crippen LogP contribution in [0.5, 0.6) is 0 Å². The topological polar surface area (TPSA) is 101 Å². The largest absolute Gasteiger partial charge is 0.280 e. The normalized spacial score (nSPS) is 11.6. The van der Waals surface area contributed by atoms with Crippen molar-refractivity contribution < 1.29 is 8.42 Å². The second kappa shape index (κ2) is 6.48. The number of hydrogen-bond donors (Lipinski definition) is 2. The van der Waals surface area contributed by atoms with Gasteiger partial charge in [-0.15, -0.1) is 0 Å². The SMILES string of the molecule is Cc1ccc(S(=O)(=O)Nc2ccc(-c3ncnc4n[nH]c(C)c34)cc2)cc1. The van der Waals surface area contributed by atoms with E-state index in [1.807, 2.05) is 26.0 Å². The fourth-order valence-electron chi connectivity index (χ4n) is 2.85. The minimum Gasteiger partial charge on any atom is -0.280 e.